The molecule has 0 radical (unpaired) electrons. The van der Waals surface area contributed by atoms with E-state index in [-0.39, 0.29) is 5.95 Å². The second-order valence-electron chi connectivity index (χ2n) is 5.16. The van der Waals surface area contributed by atoms with E-state index in [1.54, 1.807) is 11.3 Å². The minimum atomic E-state index is -3.54. The van der Waals surface area contributed by atoms with Gasteiger partial charge in [-0.05, 0) is 18.4 Å². The van der Waals surface area contributed by atoms with Gasteiger partial charge in [-0.25, -0.2) is 8.42 Å². The minimum Gasteiger partial charge on any atom is -0.349 e. The van der Waals surface area contributed by atoms with Crippen molar-refractivity contribution in [2.75, 3.05) is 11.6 Å². The van der Waals surface area contributed by atoms with Crippen LogP contribution in [0, 0.1) is 6.92 Å². The monoisotopic (exact) mass is 348 g/mol. The molecule has 0 aliphatic rings. The number of thiophene rings is 1. The molecule has 8 heteroatoms. The third kappa shape index (κ3) is 3.59. The van der Waals surface area contributed by atoms with E-state index in [1.807, 2.05) is 48.7 Å². The van der Waals surface area contributed by atoms with Crippen LogP contribution in [0.1, 0.15) is 10.4 Å². The number of anilines is 1. The number of aromatic nitrogens is 3. The quantitative estimate of drug-likeness (QED) is 0.767. The summed E-state index contributed by atoms with van der Waals surface area (Å²) in [6, 6.07) is 11.5. The van der Waals surface area contributed by atoms with Crippen LogP contribution >= 0.6 is 11.3 Å². The molecule has 0 saturated heterocycles. The molecule has 0 unspecified atom stereocenters. The van der Waals surface area contributed by atoms with Crippen molar-refractivity contribution in [3.05, 3.63) is 52.2 Å². The molecular weight excluding hydrogens is 332 g/mol. The Morgan fingerprint density at radius 3 is 2.57 bits per heavy atom. The van der Waals surface area contributed by atoms with Crippen molar-refractivity contribution in [3.63, 3.8) is 0 Å². The zero-order chi connectivity index (χ0) is 16.4. The first kappa shape index (κ1) is 15.7. The summed E-state index contributed by atoms with van der Waals surface area (Å²) in [6.45, 7) is 2.49. The van der Waals surface area contributed by atoms with Crippen LogP contribution in [0.15, 0.2) is 41.8 Å². The fraction of sp³-hybridized carbons (Fsp3) is 0.200. The van der Waals surface area contributed by atoms with Crippen LogP contribution in [-0.4, -0.2) is 28.8 Å². The Morgan fingerprint density at radius 1 is 1.22 bits per heavy atom. The molecule has 6 nitrogen and oxygen atoms in total. The molecule has 120 valence electrons. The average Bonchev–Trinajstić information content (AvgIpc) is 3.14. The Balaban J connectivity index is 1.95. The second kappa shape index (κ2) is 6.13. The second-order valence-corrected chi connectivity index (χ2v) is 8.01. The molecule has 2 heterocycles. The molecule has 0 bridgehead atoms. The van der Waals surface area contributed by atoms with E-state index in [2.05, 4.69) is 15.4 Å². The predicted molar refractivity (Wildman–Crippen MR) is 92.1 cm³/mol. The lowest BCUT2D eigenvalue weighted by atomic mass is 10.1. The van der Waals surface area contributed by atoms with Crippen molar-refractivity contribution in [1.29, 1.82) is 0 Å². The number of hydrogen-bond donors (Lipinski definition) is 1. The van der Waals surface area contributed by atoms with Crippen molar-refractivity contribution in [2.45, 2.75) is 13.5 Å². The molecule has 0 aliphatic carbocycles. The SMILES string of the molecule is Cc1ccc(-c2nc(NCc3cccs3)n(S(C)(=O)=O)n2)cc1. The topological polar surface area (TPSA) is 76.9 Å². The molecule has 0 amide bonds. The lowest BCUT2D eigenvalue weighted by Crippen LogP contribution is -2.16. The first-order valence-electron chi connectivity index (χ1n) is 6.94. The fourth-order valence-corrected chi connectivity index (χ4v) is 3.33. The van der Waals surface area contributed by atoms with Gasteiger partial charge in [-0.2, -0.15) is 4.98 Å². The molecule has 3 aromatic rings. The average molecular weight is 348 g/mol. The number of aryl methyl sites for hydroxylation is 1. The highest BCUT2D eigenvalue weighted by atomic mass is 32.2. The summed E-state index contributed by atoms with van der Waals surface area (Å²) in [4.78, 5) is 5.43. The Bertz CT molecular complexity index is 898. The van der Waals surface area contributed by atoms with Gasteiger partial charge in [0.1, 0.15) is 0 Å². The molecule has 3 rings (SSSR count). The van der Waals surface area contributed by atoms with Crippen molar-refractivity contribution >= 4 is 27.3 Å². The van der Waals surface area contributed by atoms with Crippen LogP contribution in [0.3, 0.4) is 0 Å². The third-order valence-electron chi connectivity index (χ3n) is 3.20. The van der Waals surface area contributed by atoms with Crippen molar-refractivity contribution in [1.82, 2.24) is 14.2 Å². The largest absolute Gasteiger partial charge is 0.349 e. The van der Waals surface area contributed by atoms with E-state index < -0.39 is 10.0 Å². The molecule has 0 saturated carbocycles. The number of rotatable bonds is 5. The summed E-state index contributed by atoms with van der Waals surface area (Å²) in [7, 11) is -3.54. The van der Waals surface area contributed by atoms with Crippen molar-refractivity contribution < 1.29 is 8.42 Å². The highest BCUT2D eigenvalue weighted by Crippen LogP contribution is 2.20. The van der Waals surface area contributed by atoms with E-state index >= 15 is 0 Å². The molecule has 0 spiro atoms. The molecular formula is C15H16N4O2S2. The van der Waals surface area contributed by atoms with Crippen LogP contribution in [0.2, 0.25) is 0 Å². The standard InChI is InChI=1S/C15H16N4O2S2/c1-11-5-7-12(8-6-11)14-17-15(19(18-14)23(2,20)21)16-10-13-4-3-9-22-13/h3-9H,10H2,1-2H3,(H,16,17,18). The zero-order valence-electron chi connectivity index (χ0n) is 12.7. The zero-order valence-corrected chi connectivity index (χ0v) is 14.4. The van der Waals surface area contributed by atoms with Crippen LogP contribution in [0.5, 0.6) is 0 Å². The Hall–Kier alpha value is -2.19. The molecule has 0 aliphatic heterocycles. The molecule has 0 fully saturated rings. The maximum Gasteiger partial charge on any atom is 0.254 e. The first-order valence-corrected chi connectivity index (χ1v) is 9.67. The van der Waals surface area contributed by atoms with Gasteiger partial charge >= 0.3 is 0 Å². The Kier molecular flexibility index (Phi) is 4.18. The van der Waals surface area contributed by atoms with Gasteiger partial charge in [0.25, 0.3) is 10.0 Å². The summed E-state index contributed by atoms with van der Waals surface area (Å²) < 4.78 is 24.8. The first-order chi connectivity index (χ1) is 10.9. The molecule has 0 atom stereocenters. The van der Waals surface area contributed by atoms with E-state index in [4.69, 9.17) is 0 Å². The summed E-state index contributed by atoms with van der Waals surface area (Å²) in [5, 5.41) is 9.15. The summed E-state index contributed by atoms with van der Waals surface area (Å²) in [5.74, 6) is 0.598. The summed E-state index contributed by atoms with van der Waals surface area (Å²) in [5.41, 5.74) is 1.89. The van der Waals surface area contributed by atoms with Gasteiger partial charge in [0.2, 0.25) is 5.95 Å². The summed E-state index contributed by atoms with van der Waals surface area (Å²) in [6.07, 6.45) is 1.11. The van der Waals surface area contributed by atoms with E-state index in [0.29, 0.717) is 12.4 Å². The van der Waals surface area contributed by atoms with E-state index in [0.717, 1.165) is 26.3 Å². The number of hydrogen-bond acceptors (Lipinski definition) is 6. The van der Waals surface area contributed by atoms with Gasteiger partial charge < -0.3 is 5.32 Å². The van der Waals surface area contributed by atoms with Crippen LogP contribution in [0.4, 0.5) is 5.95 Å². The molecule has 1 N–H and O–H groups in total. The van der Waals surface area contributed by atoms with E-state index in [9.17, 15) is 8.42 Å². The lowest BCUT2D eigenvalue weighted by molar-refractivity contribution is 0.587. The maximum absolute atomic E-state index is 11.9. The Labute approximate surface area is 138 Å². The number of benzene rings is 1. The van der Waals surface area contributed by atoms with Gasteiger partial charge in [-0.1, -0.05) is 35.9 Å². The van der Waals surface area contributed by atoms with Crippen LogP contribution in [-0.2, 0) is 16.6 Å². The highest BCUT2D eigenvalue weighted by molar-refractivity contribution is 7.89. The van der Waals surface area contributed by atoms with Gasteiger partial charge in [0.05, 0.1) is 12.8 Å². The molecule has 23 heavy (non-hydrogen) atoms. The van der Waals surface area contributed by atoms with Crippen LogP contribution in [0.25, 0.3) is 11.4 Å². The fourth-order valence-electron chi connectivity index (χ4n) is 2.04. The van der Waals surface area contributed by atoms with Crippen molar-refractivity contribution in [3.8, 4) is 11.4 Å². The highest BCUT2D eigenvalue weighted by Gasteiger charge is 2.18. The van der Waals surface area contributed by atoms with Gasteiger partial charge in [0, 0.05) is 10.4 Å². The minimum absolute atomic E-state index is 0.219. The molecule has 1 aromatic carbocycles. The number of nitrogens with zero attached hydrogens (tertiary/aromatic N) is 3. The maximum atomic E-state index is 11.9. The van der Waals surface area contributed by atoms with Crippen LogP contribution < -0.4 is 5.32 Å². The smallest absolute Gasteiger partial charge is 0.254 e. The van der Waals surface area contributed by atoms with Crippen molar-refractivity contribution in [2.24, 2.45) is 0 Å². The molecule has 2 aromatic heterocycles. The normalized spacial score (nSPS) is 11.6. The lowest BCUT2D eigenvalue weighted by Gasteiger charge is -2.04. The third-order valence-corrected chi connectivity index (χ3v) is 4.96. The summed E-state index contributed by atoms with van der Waals surface area (Å²) >= 11 is 1.59. The van der Waals surface area contributed by atoms with Gasteiger partial charge in [-0.3, -0.25) is 0 Å². The predicted octanol–water partition coefficient (Wildman–Crippen LogP) is 2.73. The number of nitrogens with one attached hydrogen (secondary N) is 1. The van der Waals surface area contributed by atoms with E-state index in [1.165, 1.54) is 0 Å². The van der Waals surface area contributed by atoms with Gasteiger partial charge in [-0.15, -0.1) is 20.5 Å². The Morgan fingerprint density at radius 2 is 1.96 bits per heavy atom. The van der Waals surface area contributed by atoms with Gasteiger partial charge in [0.15, 0.2) is 5.82 Å².